The van der Waals surface area contributed by atoms with Gasteiger partial charge in [-0.15, -0.1) is 11.3 Å². The smallest absolute Gasteiger partial charge is 0.279 e. The molecule has 0 fully saturated rings. The Kier molecular flexibility index (Phi) is 5.44. The van der Waals surface area contributed by atoms with Crippen LogP contribution in [-0.4, -0.2) is 26.7 Å². The molecule has 2 aromatic rings. The van der Waals surface area contributed by atoms with E-state index in [1.54, 1.807) is 13.2 Å². The van der Waals surface area contributed by atoms with Crippen molar-refractivity contribution in [3.8, 4) is 0 Å². The first kappa shape index (κ1) is 19.0. The van der Waals surface area contributed by atoms with Gasteiger partial charge in [-0.2, -0.15) is 5.10 Å². The maximum Gasteiger partial charge on any atom is 0.279 e. The molecule has 138 valence electrons. The number of aryl methyl sites for hydroxylation is 1. The van der Waals surface area contributed by atoms with Crippen molar-refractivity contribution in [2.24, 2.45) is 18.7 Å². The predicted octanol–water partition coefficient (Wildman–Crippen LogP) is 2.59. The lowest BCUT2D eigenvalue weighted by Crippen LogP contribution is -2.35. The highest BCUT2D eigenvalue weighted by atomic mass is 79.9. The summed E-state index contributed by atoms with van der Waals surface area (Å²) in [5.74, 6) is -0.352. The van der Waals surface area contributed by atoms with Gasteiger partial charge < -0.3 is 11.1 Å². The third kappa shape index (κ3) is 3.81. The standard InChI is InChI=1S/C16H18BrN5O2S2/c1-7-3-4-8-10(5-7)26-15(11(8)13(18)23)20-16(25)19-14(24)12-9(17)6-22(2)21-12/h6-7H,3-5H2,1-2H3,(H2,18,23)(H2,19,20,24,25)/t7-/m0/s1. The number of fused-ring (bicyclic) bond motifs is 1. The second-order valence-corrected chi connectivity index (χ2v) is 8.70. The third-order valence-electron chi connectivity index (χ3n) is 4.21. The van der Waals surface area contributed by atoms with E-state index in [4.69, 9.17) is 18.0 Å². The average Bonchev–Trinajstić information content (AvgIpc) is 3.05. The molecule has 0 spiro atoms. The Bertz CT molecular complexity index is 905. The number of aromatic nitrogens is 2. The van der Waals surface area contributed by atoms with E-state index >= 15 is 0 Å². The lowest BCUT2D eigenvalue weighted by atomic mass is 9.88. The van der Waals surface area contributed by atoms with Gasteiger partial charge in [-0.3, -0.25) is 19.6 Å². The van der Waals surface area contributed by atoms with Crippen molar-refractivity contribution in [2.75, 3.05) is 5.32 Å². The zero-order chi connectivity index (χ0) is 19.0. The van der Waals surface area contributed by atoms with Gasteiger partial charge in [0.25, 0.3) is 11.8 Å². The number of primary amides is 1. The van der Waals surface area contributed by atoms with Crippen LogP contribution in [0.4, 0.5) is 5.00 Å². The fourth-order valence-electron chi connectivity index (χ4n) is 3.01. The summed E-state index contributed by atoms with van der Waals surface area (Å²) < 4.78 is 2.09. The van der Waals surface area contributed by atoms with Gasteiger partial charge in [0, 0.05) is 18.1 Å². The van der Waals surface area contributed by atoms with Gasteiger partial charge in [0.1, 0.15) is 5.00 Å². The Morgan fingerprint density at radius 2 is 2.23 bits per heavy atom. The second kappa shape index (κ2) is 7.45. The molecule has 0 saturated carbocycles. The molecular weight excluding hydrogens is 438 g/mol. The second-order valence-electron chi connectivity index (χ2n) is 6.33. The minimum absolute atomic E-state index is 0.0988. The van der Waals surface area contributed by atoms with Crippen LogP contribution in [0.25, 0.3) is 0 Å². The van der Waals surface area contributed by atoms with Gasteiger partial charge in [0.2, 0.25) is 0 Å². The molecule has 0 saturated heterocycles. The summed E-state index contributed by atoms with van der Waals surface area (Å²) in [6, 6.07) is 0. The summed E-state index contributed by atoms with van der Waals surface area (Å²) >= 11 is 9.99. The van der Waals surface area contributed by atoms with E-state index in [2.05, 4.69) is 38.6 Å². The normalized spacial score (nSPS) is 16.0. The summed E-state index contributed by atoms with van der Waals surface area (Å²) in [5.41, 5.74) is 7.30. The molecule has 2 heterocycles. The van der Waals surface area contributed by atoms with Crippen molar-refractivity contribution in [1.82, 2.24) is 15.1 Å². The maximum atomic E-state index is 12.3. The Balaban J connectivity index is 1.78. The fraction of sp³-hybridized carbons (Fsp3) is 0.375. The fourth-order valence-corrected chi connectivity index (χ4v) is 5.25. The highest BCUT2D eigenvalue weighted by Gasteiger charge is 2.27. The van der Waals surface area contributed by atoms with Gasteiger partial charge in [0.15, 0.2) is 10.8 Å². The number of halogens is 1. The number of amides is 2. The topological polar surface area (TPSA) is 102 Å². The van der Waals surface area contributed by atoms with E-state index in [-0.39, 0.29) is 10.8 Å². The van der Waals surface area contributed by atoms with E-state index in [9.17, 15) is 9.59 Å². The largest absolute Gasteiger partial charge is 0.365 e. The average molecular weight is 456 g/mol. The Labute approximate surface area is 168 Å². The molecule has 0 unspecified atom stereocenters. The van der Waals surface area contributed by atoms with Crippen LogP contribution < -0.4 is 16.4 Å². The van der Waals surface area contributed by atoms with Crippen LogP contribution >= 0.6 is 39.5 Å². The van der Waals surface area contributed by atoms with Gasteiger partial charge >= 0.3 is 0 Å². The van der Waals surface area contributed by atoms with E-state index in [1.165, 1.54) is 16.0 Å². The number of carbonyl (C=O) groups excluding carboxylic acids is 2. The Morgan fingerprint density at radius 3 is 2.85 bits per heavy atom. The zero-order valence-electron chi connectivity index (χ0n) is 14.3. The molecule has 7 nitrogen and oxygen atoms in total. The maximum absolute atomic E-state index is 12.3. The molecule has 2 amide bonds. The first-order valence-corrected chi connectivity index (χ1v) is 10.0. The Morgan fingerprint density at radius 1 is 1.50 bits per heavy atom. The molecule has 0 radical (unpaired) electrons. The van der Waals surface area contributed by atoms with Crippen LogP contribution in [0.5, 0.6) is 0 Å². The van der Waals surface area contributed by atoms with Crippen molar-refractivity contribution >= 4 is 61.4 Å². The molecule has 26 heavy (non-hydrogen) atoms. The van der Waals surface area contributed by atoms with Crippen LogP contribution in [0.1, 0.15) is 44.6 Å². The molecule has 2 aromatic heterocycles. The number of carbonyl (C=O) groups is 2. The molecule has 10 heteroatoms. The van der Waals surface area contributed by atoms with Crippen molar-refractivity contribution in [1.29, 1.82) is 0 Å². The molecular formula is C16H18BrN5O2S2. The molecule has 0 aliphatic heterocycles. The van der Waals surface area contributed by atoms with Gasteiger partial charge in [0.05, 0.1) is 10.0 Å². The molecule has 3 rings (SSSR count). The van der Waals surface area contributed by atoms with E-state index in [0.717, 1.165) is 29.7 Å². The lowest BCUT2D eigenvalue weighted by Gasteiger charge is -2.18. The third-order valence-corrected chi connectivity index (χ3v) is 6.17. The zero-order valence-corrected chi connectivity index (χ0v) is 17.5. The minimum atomic E-state index is -0.485. The highest BCUT2D eigenvalue weighted by molar-refractivity contribution is 9.10. The summed E-state index contributed by atoms with van der Waals surface area (Å²) in [5, 5.41) is 10.3. The summed E-state index contributed by atoms with van der Waals surface area (Å²) in [6.45, 7) is 2.19. The first-order chi connectivity index (χ1) is 12.3. The summed E-state index contributed by atoms with van der Waals surface area (Å²) in [4.78, 5) is 25.4. The van der Waals surface area contributed by atoms with Crippen molar-refractivity contribution in [3.63, 3.8) is 0 Å². The van der Waals surface area contributed by atoms with Gasteiger partial charge in [-0.1, -0.05) is 6.92 Å². The highest BCUT2D eigenvalue weighted by Crippen LogP contribution is 2.39. The number of hydrogen-bond acceptors (Lipinski definition) is 5. The molecule has 0 aromatic carbocycles. The Hall–Kier alpha value is -1.78. The van der Waals surface area contributed by atoms with E-state index < -0.39 is 11.8 Å². The van der Waals surface area contributed by atoms with Crippen LogP contribution in [0, 0.1) is 5.92 Å². The molecule has 4 N–H and O–H groups in total. The van der Waals surface area contributed by atoms with Gasteiger partial charge in [-0.05, 0) is 58.9 Å². The number of anilines is 1. The number of nitrogens with zero attached hydrogens (tertiary/aromatic N) is 2. The molecule has 1 aliphatic rings. The molecule has 1 atom stereocenters. The van der Waals surface area contributed by atoms with Crippen molar-refractivity contribution in [2.45, 2.75) is 26.2 Å². The van der Waals surface area contributed by atoms with Crippen molar-refractivity contribution in [3.05, 3.63) is 32.4 Å². The quantitative estimate of drug-likeness (QED) is 0.617. The summed E-state index contributed by atoms with van der Waals surface area (Å²) in [6.07, 6.45) is 4.44. The predicted molar refractivity (Wildman–Crippen MR) is 109 cm³/mol. The number of rotatable bonds is 3. The first-order valence-electron chi connectivity index (χ1n) is 8.02. The van der Waals surface area contributed by atoms with Crippen molar-refractivity contribution < 1.29 is 9.59 Å². The van der Waals surface area contributed by atoms with Crippen LogP contribution in [0.15, 0.2) is 10.7 Å². The number of nitrogens with one attached hydrogen (secondary N) is 2. The number of thiophene rings is 1. The lowest BCUT2D eigenvalue weighted by molar-refractivity contribution is 0.0969. The summed E-state index contributed by atoms with van der Waals surface area (Å²) in [7, 11) is 1.72. The van der Waals surface area contributed by atoms with Gasteiger partial charge in [-0.25, -0.2) is 0 Å². The number of hydrogen-bond donors (Lipinski definition) is 3. The van der Waals surface area contributed by atoms with Crippen LogP contribution in [0.3, 0.4) is 0 Å². The molecule has 0 bridgehead atoms. The minimum Gasteiger partial charge on any atom is -0.365 e. The number of nitrogens with two attached hydrogens (primary N) is 1. The van der Waals surface area contributed by atoms with Crippen LogP contribution in [-0.2, 0) is 19.9 Å². The van der Waals surface area contributed by atoms with E-state index in [1.807, 2.05) is 0 Å². The SMILES string of the molecule is C[C@H]1CCc2c(sc(NC(=S)NC(=O)c3nn(C)cc3Br)c2C(N)=O)C1. The number of thiocarbonyl (C=S) groups is 1. The molecule has 1 aliphatic carbocycles. The van der Waals surface area contributed by atoms with Crippen LogP contribution in [0.2, 0.25) is 0 Å². The monoisotopic (exact) mass is 455 g/mol. The van der Waals surface area contributed by atoms with E-state index in [0.29, 0.717) is 21.0 Å².